The van der Waals surface area contributed by atoms with Gasteiger partial charge >= 0.3 is 0 Å². The van der Waals surface area contributed by atoms with Gasteiger partial charge in [-0.05, 0) is 12.1 Å². The molecule has 3 rings (SSSR count). The molecule has 0 fully saturated rings. The summed E-state index contributed by atoms with van der Waals surface area (Å²) < 4.78 is 6.91. The zero-order valence-electron chi connectivity index (χ0n) is 12.8. The van der Waals surface area contributed by atoms with E-state index in [9.17, 15) is 4.79 Å². The number of carbonyl (C=O) groups is 1. The molecule has 1 amide bonds. The third kappa shape index (κ3) is 3.95. The van der Waals surface area contributed by atoms with Gasteiger partial charge in [-0.15, -0.1) is 11.3 Å². The molecule has 0 aliphatic rings. The molecule has 2 heterocycles. The summed E-state index contributed by atoms with van der Waals surface area (Å²) in [4.78, 5) is 17.3. The molecule has 0 aliphatic heterocycles. The first-order chi connectivity index (χ1) is 11.3. The number of carbonyl (C=O) groups excluding carboxylic acids is 1. The molecule has 0 unspecified atom stereocenters. The second-order valence-corrected chi connectivity index (χ2v) is 5.89. The minimum absolute atomic E-state index is 0.0728. The standard InChI is InChI=1S/C16H18N4O2S/c1-22-8-6-17-10-15(21)18-13-4-2-12(3-5-13)14-11-20-7-9-23-16(20)19-14/h2-5,7,9,11,17H,6,8,10H2,1H3,(H,18,21). The Morgan fingerprint density at radius 2 is 2.17 bits per heavy atom. The fourth-order valence-corrected chi connectivity index (χ4v) is 2.87. The lowest BCUT2D eigenvalue weighted by Gasteiger charge is -2.07. The van der Waals surface area contributed by atoms with Crippen LogP contribution >= 0.6 is 11.3 Å². The van der Waals surface area contributed by atoms with Crippen LogP contribution < -0.4 is 10.6 Å². The van der Waals surface area contributed by atoms with Gasteiger partial charge in [0.2, 0.25) is 5.91 Å². The van der Waals surface area contributed by atoms with E-state index in [0.29, 0.717) is 13.2 Å². The number of methoxy groups -OCH3 is 1. The summed E-state index contributed by atoms with van der Waals surface area (Å²) >= 11 is 1.60. The van der Waals surface area contributed by atoms with Crippen LogP contribution in [0.15, 0.2) is 42.0 Å². The number of benzene rings is 1. The molecular weight excluding hydrogens is 312 g/mol. The van der Waals surface area contributed by atoms with E-state index in [1.165, 1.54) is 0 Å². The van der Waals surface area contributed by atoms with E-state index in [4.69, 9.17) is 4.74 Å². The second kappa shape index (κ2) is 7.36. The van der Waals surface area contributed by atoms with Crippen molar-refractivity contribution in [2.24, 2.45) is 0 Å². The number of ether oxygens (including phenoxy) is 1. The summed E-state index contributed by atoms with van der Waals surface area (Å²) in [7, 11) is 1.63. The normalized spacial score (nSPS) is 11.0. The van der Waals surface area contributed by atoms with Gasteiger partial charge in [0.15, 0.2) is 4.96 Å². The van der Waals surface area contributed by atoms with Crippen molar-refractivity contribution in [3.8, 4) is 11.3 Å². The zero-order chi connectivity index (χ0) is 16.1. The summed E-state index contributed by atoms with van der Waals surface area (Å²) in [6.45, 7) is 1.51. The molecule has 0 radical (unpaired) electrons. The molecular formula is C16H18N4O2S. The molecule has 3 aromatic rings. The number of anilines is 1. The maximum Gasteiger partial charge on any atom is 0.238 e. The average molecular weight is 330 g/mol. The fraction of sp³-hybridized carbons (Fsp3) is 0.250. The smallest absolute Gasteiger partial charge is 0.238 e. The summed E-state index contributed by atoms with van der Waals surface area (Å²) in [5, 5.41) is 7.87. The molecule has 0 saturated carbocycles. The van der Waals surface area contributed by atoms with E-state index >= 15 is 0 Å². The number of rotatable bonds is 7. The van der Waals surface area contributed by atoms with Crippen molar-refractivity contribution in [1.29, 1.82) is 0 Å². The first kappa shape index (κ1) is 15.7. The van der Waals surface area contributed by atoms with Crippen molar-refractivity contribution in [3.63, 3.8) is 0 Å². The number of thiazole rings is 1. The number of fused-ring (bicyclic) bond motifs is 1. The van der Waals surface area contributed by atoms with Crippen molar-refractivity contribution in [2.75, 3.05) is 32.1 Å². The zero-order valence-corrected chi connectivity index (χ0v) is 13.6. The molecule has 2 aromatic heterocycles. The van der Waals surface area contributed by atoms with Gasteiger partial charge in [-0.3, -0.25) is 9.20 Å². The van der Waals surface area contributed by atoms with E-state index < -0.39 is 0 Å². The Bertz CT molecular complexity index is 750. The Morgan fingerprint density at radius 3 is 2.91 bits per heavy atom. The Hall–Kier alpha value is -2.22. The maximum atomic E-state index is 11.8. The highest BCUT2D eigenvalue weighted by molar-refractivity contribution is 7.15. The van der Waals surface area contributed by atoms with E-state index in [1.54, 1.807) is 18.4 Å². The summed E-state index contributed by atoms with van der Waals surface area (Å²) in [5.74, 6) is -0.0728. The number of imidazole rings is 1. The number of nitrogens with one attached hydrogen (secondary N) is 2. The van der Waals surface area contributed by atoms with Gasteiger partial charge in [0.25, 0.3) is 0 Å². The van der Waals surface area contributed by atoms with Crippen LogP contribution in [0, 0.1) is 0 Å². The summed E-state index contributed by atoms with van der Waals surface area (Å²) in [6.07, 6.45) is 3.99. The highest BCUT2D eigenvalue weighted by Crippen LogP contribution is 2.22. The van der Waals surface area contributed by atoms with Gasteiger partial charge in [-0.25, -0.2) is 4.98 Å². The number of aromatic nitrogens is 2. The second-order valence-electron chi connectivity index (χ2n) is 5.01. The Morgan fingerprint density at radius 1 is 1.35 bits per heavy atom. The molecule has 0 aliphatic carbocycles. The van der Waals surface area contributed by atoms with Crippen molar-refractivity contribution >= 4 is 27.9 Å². The van der Waals surface area contributed by atoms with Gasteiger partial charge in [-0.2, -0.15) is 0 Å². The van der Waals surface area contributed by atoms with Crippen LogP contribution in [0.2, 0.25) is 0 Å². The number of hydrogen-bond acceptors (Lipinski definition) is 5. The molecule has 6 nitrogen and oxygen atoms in total. The quantitative estimate of drug-likeness (QED) is 0.652. The van der Waals surface area contributed by atoms with Gasteiger partial charge in [0.05, 0.1) is 18.8 Å². The number of amides is 1. The molecule has 0 atom stereocenters. The fourth-order valence-electron chi connectivity index (χ4n) is 2.17. The van der Waals surface area contributed by atoms with Crippen molar-refractivity contribution in [2.45, 2.75) is 0 Å². The molecule has 2 N–H and O–H groups in total. The van der Waals surface area contributed by atoms with Gasteiger partial charge in [0.1, 0.15) is 0 Å². The SMILES string of the molecule is COCCNCC(=O)Nc1ccc(-c2cn3ccsc3n2)cc1. The molecule has 120 valence electrons. The van der Waals surface area contributed by atoms with Crippen LogP contribution in [-0.4, -0.2) is 42.1 Å². The lowest BCUT2D eigenvalue weighted by atomic mass is 10.1. The van der Waals surface area contributed by atoms with Crippen molar-refractivity contribution in [3.05, 3.63) is 42.0 Å². The third-order valence-corrected chi connectivity index (χ3v) is 4.10. The average Bonchev–Trinajstić information content (AvgIpc) is 3.14. The van der Waals surface area contributed by atoms with Crippen LogP contribution in [0.1, 0.15) is 0 Å². The molecule has 23 heavy (non-hydrogen) atoms. The maximum absolute atomic E-state index is 11.8. The van der Waals surface area contributed by atoms with Crippen LogP contribution in [0.25, 0.3) is 16.2 Å². The molecule has 1 aromatic carbocycles. The number of nitrogens with zero attached hydrogens (tertiary/aromatic N) is 2. The van der Waals surface area contributed by atoms with Crippen molar-refractivity contribution < 1.29 is 9.53 Å². The van der Waals surface area contributed by atoms with E-state index in [1.807, 2.05) is 46.4 Å². The Balaban J connectivity index is 1.58. The molecule has 7 heteroatoms. The van der Waals surface area contributed by atoms with Crippen LogP contribution in [0.5, 0.6) is 0 Å². The van der Waals surface area contributed by atoms with E-state index in [-0.39, 0.29) is 12.5 Å². The predicted molar refractivity (Wildman–Crippen MR) is 91.9 cm³/mol. The first-order valence-electron chi connectivity index (χ1n) is 7.28. The van der Waals surface area contributed by atoms with Gasteiger partial charge in [-0.1, -0.05) is 12.1 Å². The minimum Gasteiger partial charge on any atom is -0.383 e. The lowest BCUT2D eigenvalue weighted by molar-refractivity contribution is -0.115. The van der Waals surface area contributed by atoms with E-state index in [0.717, 1.165) is 21.9 Å². The van der Waals surface area contributed by atoms with E-state index in [2.05, 4.69) is 15.6 Å². The first-order valence-corrected chi connectivity index (χ1v) is 8.16. The van der Waals surface area contributed by atoms with Gasteiger partial charge < -0.3 is 15.4 Å². The predicted octanol–water partition coefficient (Wildman–Crippen LogP) is 2.24. The number of hydrogen-bond donors (Lipinski definition) is 2. The summed E-state index contributed by atoms with van der Waals surface area (Å²) in [6, 6.07) is 7.69. The molecule has 0 saturated heterocycles. The van der Waals surface area contributed by atoms with Crippen LogP contribution in [0.3, 0.4) is 0 Å². The van der Waals surface area contributed by atoms with Crippen LogP contribution in [0.4, 0.5) is 5.69 Å². The highest BCUT2D eigenvalue weighted by atomic mass is 32.1. The Labute approximate surface area is 138 Å². The topological polar surface area (TPSA) is 67.7 Å². The van der Waals surface area contributed by atoms with Gasteiger partial charge in [0, 0.05) is 42.7 Å². The summed E-state index contributed by atoms with van der Waals surface area (Å²) in [5.41, 5.74) is 2.72. The lowest BCUT2D eigenvalue weighted by Crippen LogP contribution is -2.30. The monoisotopic (exact) mass is 330 g/mol. The Kier molecular flexibility index (Phi) is 5.02. The molecule has 0 spiro atoms. The highest BCUT2D eigenvalue weighted by Gasteiger charge is 2.06. The van der Waals surface area contributed by atoms with Crippen molar-refractivity contribution in [1.82, 2.24) is 14.7 Å². The minimum atomic E-state index is -0.0728. The molecule has 0 bridgehead atoms. The third-order valence-electron chi connectivity index (χ3n) is 3.33. The van der Waals surface area contributed by atoms with Crippen LogP contribution in [-0.2, 0) is 9.53 Å². The largest absolute Gasteiger partial charge is 0.383 e.